The summed E-state index contributed by atoms with van der Waals surface area (Å²) in [5, 5.41) is 7.64. The van der Waals surface area contributed by atoms with Crippen LogP contribution in [-0.4, -0.2) is 32.2 Å². The van der Waals surface area contributed by atoms with E-state index in [0.29, 0.717) is 12.3 Å². The van der Waals surface area contributed by atoms with Crippen LogP contribution in [0.15, 0.2) is 55.2 Å². The van der Waals surface area contributed by atoms with Crippen molar-refractivity contribution in [3.63, 3.8) is 0 Å². The Morgan fingerprint density at radius 2 is 1.92 bits per heavy atom. The van der Waals surface area contributed by atoms with Crippen LogP contribution in [0.2, 0.25) is 0 Å². The van der Waals surface area contributed by atoms with E-state index in [1.807, 2.05) is 48.4 Å². The minimum atomic E-state index is 0.196. The Balaban J connectivity index is 1.48. The monoisotopic (exact) mass is 333 g/mol. The molecule has 0 aliphatic carbocycles. The van der Waals surface area contributed by atoms with Crippen molar-refractivity contribution in [1.29, 1.82) is 0 Å². The molecule has 4 rings (SSSR count). The van der Waals surface area contributed by atoms with Crippen LogP contribution in [0.3, 0.4) is 0 Å². The highest BCUT2D eigenvalue weighted by Crippen LogP contribution is 2.27. The summed E-state index contributed by atoms with van der Waals surface area (Å²) in [5.41, 5.74) is 3.20. The molecule has 1 fully saturated rings. The molecular formula is C19H19N5O. The second-order valence-corrected chi connectivity index (χ2v) is 6.47. The Morgan fingerprint density at radius 3 is 2.64 bits per heavy atom. The number of anilines is 1. The largest absolute Gasteiger partial charge is 0.312 e. The topological polar surface area (TPSA) is 63.9 Å². The number of aromatic nitrogens is 4. The summed E-state index contributed by atoms with van der Waals surface area (Å²) in [6.07, 6.45) is 6.61. The first-order valence-electron chi connectivity index (χ1n) is 8.36. The van der Waals surface area contributed by atoms with Gasteiger partial charge < -0.3 is 4.90 Å². The molecule has 6 heteroatoms. The number of benzene rings is 1. The summed E-state index contributed by atoms with van der Waals surface area (Å²) in [6, 6.07) is 12.0. The number of rotatable bonds is 4. The molecule has 0 spiro atoms. The minimum absolute atomic E-state index is 0.196. The van der Waals surface area contributed by atoms with Gasteiger partial charge in [0.05, 0.1) is 0 Å². The van der Waals surface area contributed by atoms with Crippen molar-refractivity contribution in [2.45, 2.75) is 19.8 Å². The Labute approximate surface area is 146 Å². The van der Waals surface area contributed by atoms with Crippen molar-refractivity contribution in [2.24, 2.45) is 5.92 Å². The molecule has 2 aromatic heterocycles. The van der Waals surface area contributed by atoms with Crippen molar-refractivity contribution in [3.8, 4) is 5.82 Å². The van der Waals surface area contributed by atoms with Crippen LogP contribution in [0, 0.1) is 12.8 Å². The van der Waals surface area contributed by atoms with Gasteiger partial charge in [0.15, 0.2) is 0 Å². The number of carbonyl (C=O) groups is 1. The smallest absolute Gasteiger partial charge is 0.227 e. The molecule has 0 N–H and O–H groups in total. The summed E-state index contributed by atoms with van der Waals surface area (Å²) in [5.74, 6) is 1.35. The zero-order valence-electron chi connectivity index (χ0n) is 14.0. The van der Waals surface area contributed by atoms with Gasteiger partial charge in [-0.1, -0.05) is 24.3 Å². The zero-order valence-corrected chi connectivity index (χ0v) is 14.0. The van der Waals surface area contributed by atoms with E-state index >= 15 is 0 Å². The van der Waals surface area contributed by atoms with E-state index in [1.165, 1.54) is 0 Å². The van der Waals surface area contributed by atoms with Crippen LogP contribution in [0.4, 0.5) is 5.69 Å². The van der Waals surface area contributed by atoms with Crippen LogP contribution in [-0.2, 0) is 11.2 Å². The predicted molar refractivity (Wildman–Crippen MR) is 94.5 cm³/mol. The SMILES string of the molecule is Cc1cc(CC2CC(=O)N(c3ccccc3)C2)cnc1-n1cnnc1. The molecule has 1 aliphatic heterocycles. The van der Waals surface area contributed by atoms with E-state index in [0.717, 1.165) is 35.6 Å². The van der Waals surface area contributed by atoms with Gasteiger partial charge in [-0.15, -0.1) is 10.2 Å². The fraction of sp³-hybridized carbons (Fsp3) is 0.263. The Morgan fingerprint density at radius 1 is 1.16 bits per heavy atom. The van der Waals surface area contributed by atoms with Crippen molar-refractivity contribution in [3.05, 3.63) is 66.4 Å². The maximum Gasteiger partial charge on any atom is 0.227 e. The van der Waals surface area contributed by atoms with Crippen molar-refractivity contribution in [1.82, 2.24) is 19.7 Å². The van der Waals surface area contributed by atoms with Crippen LogP contribution >= 0.6 is 0 Å². The summed E-state index contributed by atoms with van der Waals surface area (Å²) in [6.45, 7) is 2.79. The van der Waals surface area contributed by atoms with E-state index in [2.05, 4.69) is 21.2 Å². The van der Waals surface area contributed by atoms with Gasteiger partial charge in [0.1, 0.15) is 18.5 Å². The highest BCUT2D eigenvalue weighted by molar-refractivity contribution is 5.95. The number of pyridine rings is 1. The van der Waals surface area contributed by atoms with Gasteiger partial charge >= 0.3 is 0 Å². The number of para-hydroxylation sites is 1. The van der Waals surface area contributed by atoms with Gasteiger partial charge in [0.25, 0.3) is 0 Å². The fourth-order valence-corrected chi connectivity index (χ4v) is 3.43. The number of amides is 1. The number of hydrogen-bond acceptors (Lipinski definition) is 4. The molecule has 126 valence electrons. The average molecular weight is 333 g/mol. The van der Waals surface area contributed by atoms with Crippen molar-refractivity contribution < 1.29 is 4.79 Å². The van der Waals surface area contributed by atoms with Crippen LogP contribution < -0.4 is 4.90 Å². The number of carbonyl (C=O) groups excluding carboxylic acids is 1. The van der Waals surface area contributed by atoms with E-state index in [-0.39, 0.29) is 5.91 Å². The number of nitrogens with zero attached hydrogens (tertiary/aromatic N) is 5. The number of hydrogen-bond donors (Lipinski definition) is 0. The first-order valence-corrected chi connectivity index (χ1v) is 8.36. The van der Waals surface area contributed by atoms with E-state index in [4.69, 9.17) is 0 Å². The van der Waals surface area contributed by atoms with Crippen LogP contribution in [0.25, 0.3) is 5.82 Å². The third-order valence-electron chi connectivity index (χ3n) is 4.57. The quantitative estimate of drug-likeness (QED) is 0.736. The molecule has 0 saturated carbocycles. The summed E-state index contributed by atoms with van der Waals surface area (Å²) >= 11 is 0. The molecule has 1 saturated heterocycles. The molecule has 0 radical (unpaired) electrons. The maximum absolute atomic E-state index is 12.3. The first-order chi connectivity index (χ1) is 12.2. The van der Waals surface area contributed by atoms with E-state index in [9.17, 15) is 4.79 Å². The van der Waals surface area contributed by atoms with Gasteiger partial charge in [-0.05, 0) is 42.5 Å². The molecule has 0 bridgehead atoms. The standard InChI is InChI=1S/C19H19N5O/c1-14-7-15(10-20-19(14)23-12-21-22-13-23)8-16-9-18(25)24(11-16)17-5-3-2-4-6-17/h2-7,10,12-13,16H,8-9,11H2,1H3. The molecule has 1 aromatic carbocycles. The molecule has 1 aliphatic rings. The van der Waals surface area contributed by atoms with E-state index < -0.39 is 0 Å². The van der Waals surface area contributed by atoms with Crippen molar-refractivity contribution >= 4 is 11.6 Å². The second-order valence-electron chi connectivity index (χ2n) is 6.47. The predicted octanol–water partition coefficient (Wildman–Crippen LogP) is 2.57. The van der Waals surface area contributed by atoms with Crippen LogP contribution in [0.1, 0.15) is 17.5 Å². The average Bonchev–Trinajstić information content (AvgIpc) is 3.26. The van der Waals surface area contributed by atoms with E-state index in [1.54, 1.807) is 17.2 Å². The summed E-state index contributed by atoms with van der Waals surface area (Å²) in [4.78, 5) is 18.8. The van der Waals surface area contributed by atoms with Gasteiger partial charge in [-0.25, -0.2) is 4.98 Å². The first kappa shape index (κ1) is 15.5. The molecule has 25 heavy (non-hydrogen) atoms. The highest BCUT2D eigenvalue weighted by atomic mass is 16.2. The minimum Gasteiger partial charge on any atom is -0.312 e. The lowest BCUT2D eigenvalue weighted by molar-refractivity contribution is -0.117. The molecule has 1 amide bonds. The van der Waals surface area contributed by atoms with Gasteiger partial charge in [0.2, 0.25) is 5.91 Å². The third kappa shape index (κ3) is 3.15. The van der Waals surface area contributed by atoms with Gasteiger partial charge in [-0.3, -0.25) is 9.36 Å². The molecule has 6 nitrogen and oxygen atoms in total. The van der Waals surface area contributed by atoms with Gasteiger partial charge in [0, 0.05) is 24.8 Å². The lowest BCUT2D eigenvalue weighted by Gasteiger charge is -2.16. The summed E-state index contributed by atoms with van der Waals surface area (Å²) < 4.78 is 1.80. The number of aryl methyl sites for hydroxylation is 1. The molecule has 3 heterocycles. The Kier molecular flexibility index (Phi) is 4.01. The fourth-order valence-electron chi connectivity index (χ4n) is 3.43. The third-order valence-corrected chi connectivity index (χ3v) is 4.57. The molecular weight excluding hydrogens is 314 g/mol. The van der Waals surface area contributed by atoms with Crippen molar-refractivity contribution in [2.75, 3.05) is 11.4 Å². The molecule has 1 unspecified atom stereocenters. The summed E-state index contributed by atoms with van der Waals surface area (Å²) in [7, 11) is 0. The van der Waals surface area contributed by atoms with Crippen LogP contribution in [0.5, 0.6) is 0 Å². The lowest BCUT2D eigenvalue weighted by atomic mass is 9.99. The molecule has 3 aromatic rings. The highest BCUT2D eigenvalue weighted by Gasteiger charge is 2.30. The zero-order chi connectivity index (χ0) is 17.2. The normalized spacial score (nSPS) is 17.2. The maximum atomic E-state index is 12.3. The van der Waals surface area contributed by atoms with Gasteiger partial charge in [-0.2, -0.15) is 0 Å². The second kappa shape index (κ2) is 6.47. The Bertz CT molecular complexity index is 876. The lowest BCUT2D eigenvalue weighted by Crippen LogP contribution is -2.24. The Hall–Kier alpha value is -3.02. The molecule has 1 atom stereocenters.